The Morgan fingerprint density at radius 3 is 2.75 bits per heavy atom. The molecule has 5 nitrogen and oxygen atoms in total. The van der Waals surface area contributed by atoms with Crippen molar-refractivity contribution in [3.63, 3.8) is 0 Å². The molecular weight excluding hydrogens is 331 g/mol. The topological polar surface area (TPSA) is 58.6 Å². The molecule has 1 aliphatic heterocycles. The zero-order valence-corrected chi connectivity index (χ0v) is 12.7. The number of urea groups is 1. The van der Waals surface area contributed by atoms with Crippen LogP contribution < -0.4 is 5.32 Å². The third-order valence-electron chi connectivity index (χ3n) is 3.26. The number of halogens is 2. The van der Waals surface area contributed by atoms with E-state index >= 15 is 0 Å². The molecular formula is C13H14BrFN2O3. The number of likely N-dealkylation sites (tertiary alicyclic amines) is 1. The molecule has 1 aliphatic rings. The Kier molecular flexibility index (Phi) is 4.27. The second-order valence-corrected chi connectivity index (χ2v) is 5.39. The lowest BCUT2D eigenvalue weighted by atomic mass is 10.0. The third-order valence-corrected chi connectivity index (χ3v) is 3.87. The molecule has 0 aromatic heterocycles. The van der Waals surface area contributed by atoms with E-state index in [1.54, 1.807) is 13.0 Å². The van der Waals surface area contributed by atoms with E-state index in [1.165, 1.54) is 18.1 Å². The maximum atomic E-state index is 13.5. The highest BCUT2D eigenvalue weighted by Crippen LogP contribution is 2.26. The van der Waals surface area contributed by atoms with Crippen molar-refractivity contribution in [1.29, 1.82) is 0 Å². The van der Waals surface area contributed by atoms with Crippen molar-refractivity contribution in [3.8, 4) is 0 Å². The summed E-state index contributed by atoms with van der Waals surface area (Å²) in [5.74, 6) is -0.899. The number of aryl methyl sites for hydroxylation is 1. The first-order valence-corrected chi connectivity index (χ1v) is 6.84. The van der Waals surface area contributed by atoms with Crippen molar-refractivity contribution in [2.75, 3.05) is 19.0 Å². The monoisotopic (exact) mass is 344 g/mol. The molecule has 0 bridgehead atoms. The lowest BCUT2D eigenvalue weighted by molar-refractivity contribution is -0.149. The average molecular weight is 345 g/mol. The maximum Gasteiger partial charge on any atom is 0.328 e. The Morgan fingerprint density at radius 1 is 1.50 bits per heavy atom. The predicted molar refractivity (Wildman–Crippen MR) is 75.0 cm³/mol. The molecule has 1 unspecified atom stereocenters. The van der Waals surface area contributed by atoms with Crippen molar-refractivity contribution in [3.05, 3.63) is 28.0 Å². The van der Waals surface area contributed by atoms with Crippen molar-refractivity contribution in [1.82, 2.24) is 4.90 Å². The Balaban J connectivity index is 2.09. The fourth-order valence-electron chi connectivity index (χ4n) is 1.98. The Labute approximate surface area is 124 Å². The highest BCUT2D eigenvalue weighted by molar-refractivity contribution is 9.10. The number of benzene rings is 1. The van der Waals surface area contributed by atoms with E-state index in [2.05, 4.69) is 26.0 Å². The smallest absolute Gasteiger partial charge is 0.328 e. The van der Waals surface area contributed by atoms with Gasteiger partial charge in [0.25, 0.3) is 0 Å². The molecule has 2 rings (SSSR count). The predicted octanol–water partition coefficient (Wildman–Crippen LogP) is 2.68. The van der Waals surface area contributed by atoms with Crippen LogP contribution in [0, 0.1) is 12.7 Å². The summed E-state index contributed by atoms with van der Waals surface area (Å²) < 4.78 is 18.4. The van der Waals surface area contributed by atoms with Gasteiger partial charge in [0.05, 0.1) is 11.6 Å². The van der Waals surface area contributed by atoms with Crippen LogP contribution in [0.25, 0.3) is 0 Å². The number of hydrogen-bond acceptors (Lipinski definition) is 3. The summed E-state index contributed by atoms with van der Waals surface area (Å²) in [6.07, 6.45) is 0.577. The first kappa shape index (κ1) is 14.8. The maximum absolute atomic E-state index is 13.5. The second kappa shape index (κ2) is 5.78. The number of nitrogens with one attached hydrogen (secondary N) is 1. The van der Waals surface area contributed by atoms with Crippen LogP contribution in [0.3, 0.4) is 0 Å². The van der Waals surface area contributed by atoms with Crippen LogP contribution in [0.2, 0.25) is 0 Å². The Bertz CT molecular complexity index is 565. The van der Waals surface area contributed by atoms with Gasteiger partial charge in [-0.05, 0) is 47.0 Å². The van der Waals surface area contributed by atoms with Gasteiger partial charge in [-0.1, -0.05) is 0 Å². The van der Waals surface area contributed by atoms with Gasteiger partial charge in [0.15, 0.2) is 0 Å². The standard InChI is InChI=1S/C13H14BrFN2O3/c1-7-5-8(14)9(15)6-10(7)16-13(19)17-4-3-11(17)12(18)20-2/h5-6,11H,3-4H2,1-2H3,(H,16,19). The first-order chi connectivity index (χ1) is 9.43. The van der Waals surface area contributed by atoms with Crippen LogP contribution in [-0.2, 0) is 9.53 Å². The second-order valence-electron chi connectivity index (χ2n) is 4.53. The van der Waals surface area contributed by atoms with E-state index in [-0.39, 0.29) is 0 Å². The highest BCUT2D eigenvalue weighted by atomic mass is 79.9. The van der Waals surface area contributed by atoms with E-state index < -0.39 is 23.9 Å². The molecule has 0 spiro atoms. The molecule has 1 N–H and O–H groups in total. The number of carbonyl (C=O) groups is 2. The minimum Gasteiger partial charge on any atom is -0.467 e. The van der Waals surface area contributed by atoms with E-state index in [0.29, 0.717) is 23.1 Å². The third kappa shape index (κ3) is 2.77. The minimum atomic E-state index is -0.555. The average Bonchev–Trinajstić information content (AvgIpc) is 2.34. The number of esters is 1. The van der Waals surface area contributed by atoms with Gasteiger partial charge in [0.1, 0.15) is 11.9 Å². The molecule has 1 atom stereocenters. The van der Waals surface area contributed by atoms with E-state index in [4.69, 9.17) is 0 Å². The molecule has 1 heterocycles. The van der Waals surface area contributed by atoms with Crippen LogP contribution in [0.1, 0.15) is 12.0 Å². The van der Waals surface area contributed by atoms with Gasteiger partial charge in [-0.3, -0.25) is 0 Å². The fourth-order valence-corrected chi connectivity index (χ4v) is 2.44. The molecule has 1 fully saturated rings. The summed E-state index contributed by atoms with van der Waals surface area (Å²) in [5.41, 5.74) is 1.10. The number of rotatable bonds is 2. The number of nitrogens with zero attached hydrogens (tertiary/aromatic N) is 1. The van der Waals surface area contributed by atoms with Crippen molar-refractivity contribution >= 4 is 33.6 Å². The number of ether oxygens (including phenoxy) is 1. The van der Waals surface area contributed by atoms with Gasteiger partial charge in [0, 0.05) is 12.2 Å². The number of anilines is 1. The lowest BCUT2D eigenvalue weighted by Crippen LogP contribution is -2.56. The van der Waals surface area contributed by atoms with Crippen LogP contribution >= 0.6 is 15.9 Å². The zero-order chi connectivity index (χ0) is 14.9. The first-order valence-electron chi connectivity index (χ1n) is 6.05. The summed E-state index contributed by atoms with van der Waals surface area (Å²) >= 11 is 3.08. The van der Waals surface area contributed by atoms with Crippen LogP contribution in [0.4, 0.5) is 14.9 Å². The van der Waals surface area contributed by atoms with Crippen molar-refractivity contribution in [2.24, 2.45) is 0 Å². The van der Waals surface area contributed by atoms with Gasteiger partial charge in [-0.15, -0.1) is 0 Å². The molecule has 20 heavy (non-hydrogen) atoms. The van der Waals surface area contributed by atoms with Gasteiger partial charge in [0.2, 0.25) is 0 Å². The van der Waals surface area contributed by atoms with Crippen LogP contribution in [0.5, 0.6) is 0 Å². The highest BCUT2D eigenvalue weighted by Gasteiger charge is 2.38. The molecule has 1 aromatic rings. The van der Waals surface area contributed by atoms with E-state index in [0.717, 1.165) is 5.56 Å². The lowest BCUT2D eigenvalue weighted by Gasteiger charge is -2.38. The van der Waals surface area contributed by atoms with Crippen molar-refractivity contribution in [2.45, 2.75) is 19.4 Å². The molecule has 2 amide bonds. The van der Waals surface area contributed by atoms with Crippen LogP contribution in [-0.4, -0.2) is 36.6 Å². The molecule has 0 saturated carbocycles. The normalized spacial score (nSPS) is 17.4. The largest absolute Gasteiger partial charge is 0.467 e. The molecule has 1 saturated heterocycles. The molecule has 108 valence electrons. The van der Waals surface area contributed by atoms with Gasteiger partial charge >= 0.3 is 12.0 Å². The number of carbonyl (C=O) groups excluding carboxylic acids is 2. The van der Waals surface area contributed by atoms with Crippen LogP contribution in [0.15, 0.2) is 16.6 Å². The van der Waals surface area contributed by atoms with Gasteiger partial charge in [-0.25, -0.2) is 14.0 Å². The zero-order valence-electron chi connectivity index (χ0n) is 11.1. The van der Waals surface area contributed by atoms with Crippen molar-refractivity contribution < 1.29 is 18.7 Å². The van der Waals surface area contributed by atoms with E-state index in [1.807, 2.05) is 0 Å². The summed E-state index contributed by atoms with van der Waals surface area (Å²) in [7, 11) is 1.28. The summed E-state index contributed by atoms with van der Waals surface area (Å²) in [6, 6.07) is 1.83. The Hall–Kier alpha value is -1.63. The van der Waals surface area contributed by atoms with E-state index in [9.17, 15) is 14.0 Å². The number of amides is 2. The van der Waals surface area contributed by atoms with Gasteiger partial charge < -0.3 is 15.0 Å². The fraction of sp³-hybridized carbons (Fsp3) is 0.385. The molecule has 0 aliphatic carbocycles. The summed E-state index contributed by atoms with van der Waals surface area (Å²) in [5, 5.41) is 2.61. The molecule has 0 radical (unpaired) electrons. The summed E-state index contributed by atoms with van der Waals surface area (Å²) in [4.78, 5) is 24.8. The molecule has 1 aromatic carbocycles. The minimum absolute atomic E-state index is 0.337. The quantitative estimate of drug-likeness (QED) is 0.839. The SMILES string of the molecule is COC(=O)C1CCN1C(=O)Nc1cc(F)c(Br)cc1C. The van der Waals surface area contributed by atoms with Gasteiger partial charge in [-0.2, -0.15) is 0 Å². The molecule has 7 heteroatoms. The number of methoxy groups -OCH3 is 1. The Morgan fingerprint density at radius 2 is 2.20 bits per heavy atom. The summed E-state index contributed by atoms with van der Waals surface area (Å²) in [6.45, 7) is 2.23. The number of hydrogen-bond donors (Lipinski definition) is 1.